The number of rotatable bonds is 6. The van der Waals surface area contributed by atoms with Crippen LogP contribution in [0.25, 0.3) is 0 Å². The molecular formula is C8H18N2O3. The Morgan fingerprint density at radius 1 is 1.54 bits per heavy atom. The smallest absolute Gasteiger partial charge is 0.236 e. The van der Waals surface area contributed by atoms with Crippen LogP contribution in [-0.2, 0) is 4.79 Å². The van der Waals surface area contributed by atoms with Crippen molar-refractivity contribution in [1.82, 2.24) is 10.6 Å². The van der Waals surface area contributed by atoms with Crippen LogP contribution in [-0.4, -0.2) is 48.0 Å². The van der Waals surface area contributed by atoms with Gasteiger partial charge in [-0.2, -0.15) is 0 Å². The Bertz CT molecular complexity index is 152. The predicted molar refractivity (Wildman–Crippen MR) is 49.2 cm³/mol. The molecule has 0 aromatic rings. The maximum Gasteiger partial charge on any atom is 0.236 e. The molecule has 0 fully saturated rings. The predicted octanol–water partition coefficient (Wildman–Crippen LogP) is -1.55. The highest BCUT2D eigenvalue weighted by Crippen LogP contribution is 1.84. The van der Waals surface area contributed by atoms with E-state index in [0.717, 1.165) is 0 Å². The van der Waals surface area contributed by atoms with Crippen molar-refractivity contribution in [2.45, 2.75) is 26.0 Å². The summed E-state index contributed by atoms with van der Waals surface area (Å²) in [7, 11) is 0. The van der Waals surface area contributed by atoms with Gasteiger partial charge in [0.05, 0.1) is 18.8 Å². The molecule has 5 nitrogen and oxygen atoms in total. The molecule has 5 heteroatoms. The van der Waals surface area contributed by atoms with Crippen LogP contribution in [0.2, 0.25) is 0 Å². The standard InChI is InChI=1S/C8H18N2O3/c1-3-9-8(13)6(2)10-4-7(12)5-11/h6-7,10-12H,3-5H2,1-2H3,(H,9,13)/t6?,7-/m0/s1. The molecule has 13 heavy (non-hydrogen) atoms. The van der Waals surface area contributed by atoms with Crippen molar-refractivity contribution in [1.29, 1.82) is 0 Å². The summed E-state index contributed by atoms with van der Waals surface area (Å²) in [5.74, 6) is -0.104. The van der Waals surface area contributed by atoms with Gasteiger partial charge in [-0.05, 0) is 13.8 Å². The van der Waals surface area contributed by atoms with Gasteiger partial charge >= 0.3 is 0 Å². The Morgan fingerprint density at radius 2 is 2.15 bits per heavy atom. The maximum atomic E-state index is 11.1. The van der Waals surface area contributed by atoms with Crippen molar-refractivity contribution in [3.8, 4) is 0 Å². The lowest BCUT2D eigenvalue weighted by molar-refractivity contribution is -0.122. The molecular weight excluding hydrogens is 172 g/mol. The van der Waals surface area contributed by atoms with Gasteiger partial charge in [0.15, 0.2) is 0 Å². The molecule has 0 saturated carbocycles. The Labute approximate surface area is 78.1 Å². The van der Waals surface area contributed by atoms with E-state index in [4.69, 9.17) is 10.2 Å². The molecule has 0 aliphatic heterocycles. The second-order valence-corrected chi connectivity index (χ2v) is 2.86. The molecule has 0 radical (unpaired) electrons. The molecule has 0 spiro atoms. The van der Waals surface area contributed by atoms with Gasteiger partial charge in [-0.1, -0.05) is 0 Å². The minimum absolute atomic E-state index is 0.104. The molecule has 0 aliphatic rings. The lowest BCUT2D eigenvalue weighted by atomic mass is 10.3. The molecule has 0 rings (SSSR count). The average Bonchev–Trinajstić information content (AvgIpc) is 2.13. The van der Waals surface area contributed by atoms with Crippen LogP contribution in [0.3, 0.4) is 0 Å². The first kappa shape index (κ1) is 12.3. The van der Waals surface area contributed by atoms with E-state index in [0.29, 0.717) is 6.54 Å². The Hall–Kier alpha value is -0.650. The third kappa shape index (κ3) is 5.57. The minimum atomic E-state index is -0.808. The van der Waals surface area contributed by atoms with Gasteiger partial charge in [0, 0.05) is 13.1 Å². The van der Waals surface area contributed by atoms with Gasteiger partial charge < -0.3 is 20.8 Å². The van der Waals surface area contributed by atoms with E-state index >= 15 is 0 Å². The molecule has 1 amide bonds. The summed E-state index contributed by atoms with van der Waals surface area (Å²) in [4.78, 5) is 11.1. The summed E-state index contributed by atoms with van der Waals surface area (Å²) in [6.45, 7) is 4.06. The third-order valence-corrected chi connectivity index (χ3v) is 1.61. The third-order valence-electron chi connectivity index (χ3n) is 1.61. The van der Waals surface area contributed by atoms with Crippen LogP contribution in [0.4, 0.5) is 0 Å². The average molecular weight is 190 g/mol. The van der Waals surface area contributed by atoms with E-state index in [-0.39, 0.29) is 25.1 Å². The molecule has 0 heterocycles. The molecule has 0 aromatic heterocycles. The first-order chi connectivity index (χ1) is 6.11. The zero-order valence-electron chi connectivity index (χ0n) is 8.08. The van der Waals surface area contributed by atoms with Crippen LogP contribution in [0.5, 0.6) is 0 Å². The van der Waals surface area contributed by atoms with E-state index in [9.17, 15) is 4.79 Å². The van der Waals surface area contributed by atoms with Crippen molar-refractivity contribution in [2.24, 2.45) is 0 Å². The van der Waals surface area contributed by atoms with E-state index in [2.05, 4.69) is 10.6 Å². The first-order valence-electron chi connectivity index (χ1n) is 4.41. The molecule has 0 aromatic carbocycles. The largest absolute Gasteiger partial charge is 0.394 e. The zero-order chi connectivity index (χ0) is 10.3. The minimum Gasteiger partial charge on any atom is -0.394 e. The van der Waals surface area contributed by atoms with Gasteiger partial charge in [-0.3, -0.25) is 4.79 Å². The maximum absolute atomic E-state index is 11.1. The van der Waals surface area contributed by atoms with Crippen LogP contribution in [0.15, 0.2) is 0 Å². The van der Waals surface area contributed by atoms with Crippen LogP contribution >= 0.6 is 0 Å². The van der Waals surface area contributed by atoms with Gasteiger partial charge in [0.1, 0.15) is 0 Å². The van der Waals surface area contributed by atoms with E-state index in [1.807, 2.05) is 6.92 Å². The summed E-state index contributed by atoms with van der Waals surface area (Å²) in [5.41, 5.74) is 0. The highest BCUT2D eigenvalue weighted by atomic mass is 16.3. The summed E-state index contributed by atoms with van der Waals surface area (Å²) in [6.07, 6.45) is -0.808. The lowest BCUT2D eigenvalue weighted by Gasteiger charge is -2.14. The fourth-order valence-corrected chi connectivity index (χ4v) is 0.797. The summed E-state index contributed by atoms with van der Waals surface area (Å²) >= 11 is 0. The molecule has 4 N–H and O–H groups in total. The number of hydrogen-bond donors (Lipinski definition) is 4. The van der Waals surface area contributed by atoms with Crippen LogP contribution in [0.1, 0.15) is 13.8 Å². The monoisotopic (exact) mass is 190 g/mol. The molecule has 0 aliphatic carbocycles. The van der Waals surface area contributed by atoms with Crippen molar-refractivity contribution in [3.05, 3.63) is 0 Å². The summed E-state index contributed by atoms with van der Waals surface area (Å²) in [6, 6.07) is -0.346. The number of amides is 1. The molecule has 78 valence electrons. The second-order valence-electron chi connectivity index (χ2n) is 2.86. The van der Waals surface area contributed by atoms with Crippen molar-refractivity contribution < 1.29 is 15.0 Å². The molecule has 0 saturated heterocycles. The number of nitrogens with one attached hydrogen (secondary N) is 2. The van der Waals surface area contributed by atoms with Gasteiger partial charge in [0.25, 0.3) is 0 Å². The van der Waals surface area contributed by atoms with Crippen molar-refractivity contribution in [3.63, 3.8) is 0 Å². The van der Waals surface area contributed by atoms with E-state index < -0.39 is 6.10 Å². The molecule has 0 bridgehead atoms. The number of carbonyl (C=O) groups excluding carboxylic acids is 1. The molecule has 1 unspecified atom stereocenters. The zero-order valence-corrected chi connectivity index (χ0v) is 8.08. The van der Waals surface area contributed by atoms with Gasteiger partial charge in [-0.25, -0.2) is 0 Å². The number of likely N-dealkylation sites (N-methyl/N-ethyl adjacent to an activating group) is 1. The van der Waals surface area contributed by atoms with Crippen molar-refractivity contribution in [2.75, 3.05) is 19.7 Å². The Morgan fingerprint density at radius 3 is 2.62 bits per heavy atom. The highest BCUT2D eigenvalue weighted by Gasteiger charge is 2.12. The normalized spacial score (nSPS) is 15.1. The number of carbonyl (C=O) groups is 1. The first-order valence-corrected chi connectivity index (χ1v) is 4.41. The van der Waals surface area contributed by atoms with Crippen molar-refractivity contribution >= 4 is 5.91 Å². The topological polar surface area (TPSA) is 81.6 Å². The summed E-state index contributed by atoms with van der Waals surface area (Å²) in [5, 5.41) is 22.9. The Kier molecular flexibility index (Phi) is 6.48. The SMILES string of the molecule is CCNC(=O)C(C)NC[C@H](O)CO. The summed E-state index contributed by atoms with van der Waals surface area (Å²) < 4.78 is 0. The van der Waals surface area contributed by atoms with E-state index in [1.165, 1.54) is 0 Å². The number of aliphatic hydroxyl groups is 2. The Balaban J connectivity index is 3.60. The fourth-order valence-electron chi connectivity index (χ4n) is 0.797. The van der Waals surface area contributed by atoms with Crippen LogP contribution in [0, 0.1) is 0 Å². The van der Waals surface area contributed by atoms with Gasteiger partial charge in [-0.15, -0.1) is 0 Å². The van der Waals surface area contributed by atoms with E-state index in [1.54, 1.807) is 6.92 Å². The lowest BCUT2D eigenvalue weighted by Crippen LogP contribution is -2.45. The number of aliphatic hydroxyl groups excluding tert-OH is 2. The highest BCUT2D eigenvalue weighted by molar-refractivity contribution is 5.81. The quantitative estimate of drug-likeness (QED) is 0.409. The fraction of sp³-hybridized carbons (Fsp3) is 0.875. The van der Waals surface area contributed by atoms with Gasteiger partial charge in [0.2, 0.25) is 5.91 Å². The molecule has 2 atom stereocenters. The van der Waals surface area contributed by atoms with Crippen LogP contribution < -0.4 is 10.6 Å². The number of hydrogen-bond acceptors (Lipinski definition) is 4. The second kappa shape index (κ2) is 6.82.